The lowest BCUT2D eigenvalue weighted by molar-refractivity contribution is -0.404. The van der Waals surface area contributed by atoms with E-state index in [-0.39, 0.29) is 0 Å². The van der Waals surface area contributed by atoms with Crippen LogP contribution in [0.1, 0.15) is 38.0 Å². The normalized spacial score (nSPS) is 17.4. The minimum absolute atomic E-state index is 0.392. The highest BCUT2D eigenvalue weighted by Crippen LogP contribution is 2.60. The van der Waals surface area contributed by atoms with E-state index >= 15 is 0 Å². The molecule has 1 saturated carbocycles. The molecule has 3 atom stereocenters. The molecule has 260 valence electrons. The fourth-order valence-corrected chi connectivity index (χ4v) is 5.15. The number of ether oxygens (including phenoxy) is 2. The van der Waals surface area contributed by atoms with Gasteiger partial charge in [0.25, 0.3) is 6.20 Å². The first-order valence-corrected chi connectivity index (χ1v) is 15.6. The SMILES string of the molecule is CC1(C)[C@H](C(=O)OC(C#N)c2cccc(Oc3ccccc3)c2)[C@@H]1/C=C(\Cl)C(F)(F)F.CCN(Cc1ccc(Cl)nc1)/C(=C/[N+](=O)[O-])NC. The van der Waals surface area contributed by atoms with Crippen LogP contribution in [0.5, 0.6) is 11.5 Å². The van der Waals surface area contributed by atoms with Crippen molar-refractivity contribution >= 4 is 29.2 Å². The first-order valence-electron chi connectivity index (χ1n) is 14.9. The molecule has 1 aliphatic rings. The van der Waals surface area contributed by atoms with E-state index in [4.69, 9.17) is 32.7 Å². The number of halogens is 5. The van der Waals surface area contributed by atoms with Gasteiger partial charge in [-0.15, -0.1) is 0 Å². The summed E-state index contributed by atoms with van der Waals surface area (Å²) >= 11 is 11.0. The highest BCUT2D eigenvalue weighted by molar-refractivity contribution is 6.30. The van der Waals surface area contributed by atoms with Crippen LogP contribution in [0, 0.1) is 38.7 Å². The molecule has 15 heteroatoms. The number of para-hydroxylation sites is 1. The molecule has 1 N–H and O–H groups in total. The van der Waals surface area contributed by atoms with Crippen LogP contribution in [-0.4, -0.2) is 40.5 Å². The summed E-state index contributed by atoms with van der Waals surface area (Å²) in [5.41, 5.74) is 0.565. The van der Waals surface area contributed by atoms with Crippen molar-refractivity contribution in [1.82, 2.24) is 15.2 Å². The number of esters is 1. The fraction of sp³-hybridized carbons (Fsp3) is 0.324. The second-order valence-electron chi connectivity index (χ2n) is 11.3. The van der Waals surface area contributed by atoms with E-state index in [1.54, 1.807) is 69.6 Å². The Labute approximate surface area is 291 Å². The van der Waals surface area contributed by atoms with Gasteiger partial charge in [-0.05, 0) is 54.2 Å². The molecule has 4 rings (SSSR count). The molecule has 0 spiro atoms. The average Bonchev–Trinajstić information content (AvgIpc) is 3.61. The van der Waals surface area contributed by atoms with Crippen molar-refractivity contribution in [3.63, 3.8) is 0 Å². The predicted octanol–water partition coefficient (Wildman–Crippen LogP) is 8.40. The monoisotopic (exact) mass is 719 g/mol. The van der Waals surface area contributed by atoms with Gasteiger partial charge in [-0.1, -0.05) is 79.5 Å². The van der Waals surface area contributed by atoms with E-state index in [1.165, 1.54) is 0 Å². The zero-order chi connectivity index (χ0) is 36.4. The summed E-state index contributed by atoms with van der Waals surface area (Å²) in [5, 5.41) is 22.0. The number of hydrogen-bond donors (Lipinski definition) is 1. The van der Waals surface area contributed by atoms with Crippen molar-refractivity contribution in [2.45, 2.75) is 39.6 Å². The van der Waals surface area contributed by atoms with Crippen molar-refractivity contribution in [3.05, 3.63) is 122 Å². The van der Waals surface area contributed by atoms with Crippen molar-refractivity contribution in [2.75, 3.05) is 13.6 Å². The van der Waals surface area contributed by atoms with Crippen LogP contribution >= 0.6 is 23.2 Å². The lowest BCUT2D eigenvalue weighted by Gasteiger charge is -2.23. The topological polar surface area (TPSA) is 131 Å². The molecule has 10 nitrogen and oxygen atoms in total. The van der Waals surface area contributed by atoms with E-state index in [1.807, 2.05) is 42.2 Å². The maximum atomic E-state index is 12.7. The number of allylic oxidation sites excluding steroid dienone is 2. The smallest absolute Gasteiger partial charge is 0.426 e. The van der Waals surface area contributed by atoms with Gasteiger partial charge in [-0.3, -0.25) is 14.9 Å². The third-order valence-corrected chi connectivity index (χ3v) is 8.18. The molecule has 0 amide bonds. The Morgan fingerprint density at radius 1 is 1.18 bits per heavy atom. The molecule has 1 unspecified atom stereocenters. The van der Waals surface area contributed by atoms with Crippen LogP contribution in [0.25, 0.3) is 0 Å². The van der Waals surface area contributed by atoms with Gasteiger partial charge in [0.2, 0.25) is 6.10 Å². The van der Waals surface area contributed by atoms with Gasteiger partial charge in [0, 0.05) is 31.9 Å². The van der Waals surface area contributed by atoms with Gasteiger partial charge in [-0.25, -0.2) is 4.98 Å². The molecular formula is C34H34Cl2F3N5O5. The summed E-state index contributed by atoms with van der Waals surface area (Å²) in [7, 11) is 1.65. The summed E-state index contributed by atoms with van der Waals surface area (Å²) in [6, 6.07) is 21.0. The van der Waals surface area contributed by atoms with Crippen molar-refractivity contribution in [3.8, 4) is 17.6 Å². The lowest BCUT2D eigenvalue weighted by atomic mass is 10.1. The second-order valence-corrected chi connectivity index (χ2v) is 12.1. The molecule has 1 heterocycles. The van der Waals surface area contributed by atoms with Gasteiger partial charge in [-0.2, -0.15) is 18.4 Å². The Bertz CT molecular complexity index is 1700. The number of carbonyl (C=O) groups excluding carboxylic acids is 1. The molecule has 0 radical (unpaired) electrons. The first-order chi connectivity index (χ1) is 23.1. The van der Waals surface area contributed by atoms with Gasteiger partial charge in [0.05, 0.1) is 10.8 Å². The van der Waals surface area contributed by atoms with E-state index in [0.29, 0.717) is 41.1 Å². The van der Waals surface area contributed by atoms with E-state index in [9.17, 15) is 33.3 Å². The van der Waals surface area contributed by atoms with E-state index in [0.717, 1.165) is 17.8 Å². The maximum absolute atomic E-state index is 12.7. The largest absolute Gasteiger partial charge is 0.457 e. The summed E-state index contributed by atoms with van der Waals surface area (Å²) in [6.07, 6.45) is -2.46. The molecule has 0 bridgehead atoms. The summed E-state index contributed by atoms with van der Waals surface area (Å²) in [5.74, 6) is -0.814. The molecule has 0 saturated heterocycles. The molecule has 2 aromatic carbocycles. The Morgan fingerprint density at radius 2 is 1.86 bits per heavy atom. The maximum Gasteiger partial charge on any atom is 0.426 e. The van der Waals surface area contributed by atoms with Crippen LogP contribution in [0.4, 0.5) is 13.2 Å². The minimum Gasteiger partial charge on any atom is -0.457 e. The zero-order valence-electron chi connectivity index (χ0n) is 26.9. The van der Waals surface area contributed by atoms with Crippen LogP contribution < -0.4 is 10.1 Å². The van der Waals surface area contributed by atoms with Crippen molar-refractivity contribution in [1.29, 1.82) is 5.26 Å². The molecule has 1 aromatic heterocycles. The Hall–Kier alpha value is -4.80. The standard InChI is InChI=1S/C23H19ClF3NO3.C11H15ClN4O2/c1-22(2)17(12-19(24)23(25,26)27)20(22)21(29)31-18(13-28)14-7-6-10-16(11-14)30-15-8-4-3-5-9-15;1-3-15(11(13-2)8-16(17)18)7-9-4-5-10(12)14-6-9/h3-12,17-18,20H,1-2H3;4-6,8,13H,3,7H2,1-2H3/b19-12-;11-8+/t17-,18?,20-;/m0./s1. The first kappa shape index (κ1) is 38.6. The summed E-state index contributed by atoms with van der Waals surface area (Å²) < 4.78 is 49.2. The van der Waals surface area contributed by atoms with Crippen LogP contribution in [0.2, 0.25) is 5.15 Å². The predicted molar refractivity (Wildman–Crippen MR) is 178 cm³/mol. The number of pyridine rings is 1. The summed E-state index contributed by atoms with van der Waals surface area (Å²) in [4.78, 5) is 28.5. The number of benzene rings is 2. The molecule has 0 aliphatic heterocycles. The molecule has 49 heavy (non-hydrogen) atoms. The van der Waals surface area contributed by atoms with Gasteiger partial charge in [0.15, 0.2) is 5.82 Å². The fourth-order valence-electron chi connectivity index (χ4n) is 4.91. The third kappa shape index (κ3) is 11.1. The van der Waals surface area contributed by atoms with Gasteiger partial charge < -0.3 is 19.7 Å². The molecule has 1 fully saturated rings. The number of nitrogens with zero attached hydrogens (tertiary/aromatic N) is 4. The van der Waals surface area contributed by atoms with Gasteiger partial charge >= 0.3 is 12.1 Å². The molecule has 1 aliphatic carbocycles. The quantitative estimate of drug-likeness (QED) is 0.0849. The number of alkyl halides is 3. The minimum atomic E-state index is -4.68. The number of aromatic nitrogens is 1. The van der Waals surface area contributed by atoms with Crippen LogP contribution in [0.3, 0.4) is 0 Å². The number of hydrogen-bond acceptors (Lipinski definition) is 9. The highest BCUT2D eigenvalue weighted by Gasteiger charge is 2.62. The number of nitro groups is 1. The van der Waals surface area contributed by atoms with Crippen LogP contribution in [-0.2, 0) is 16.1 Å². The highest BCUT2D eigenvalue weighted by atomic mass is 35.5. The number of nitrogens with one attached hydrogen (secondary N) is 1. The number of nitriles is 1. The molecular weight excluding hydrogens is 686 g/mol. The van der Waals surface area contributed by atoms with E-state index < -0.39 is 45.5 Å². The van der Waals surface area contributed by atoms with Crippen molar-refractivity contribution in [2.24, 2.45) is 17.3 Å². The Morgan fingerprint density at radius 3 is 2.41 bits per heavy atom. The molecule has 3 aromatic rings. The number of carbonyl (C=O) groups is 1. The number of rotatable bonds is 12. The van der Waals surface area contributed by atoms with E-state index in [2.05, 4.69) is 10.3 Å². The lowest BCUT2D eigenvalue weighted by Crippen LogP contribution is -2.30. The Balaban J connectivity index is 0.000000308. The summed E-state index contributed by atoms with van der Waals surface area (Å²) in [6.45, 7) is 6.39. The average molecular weight is 721 g/mol. The zero-order valence-corrected chi connectivity index (χ0v) is 28.5. The third-order valence-electron chi connectivity index (χ3n) is 7.62. The van der Waals surface area contributed by atoms with Crippen LogP contribution in [0.15, 0.2) is 96.1 Å². The van der Waals surface area contributed by atoms with Crippen molar-refractivity contribution < 1.29 is 32.4 Å². The Kier molecular flexibility index (Phi) is 13.4. The van der Waals surface area contributed by atoms with Gasteiger partial charge in [0.1, 0.15) is 27.8 Å². The second kappa shape index (κ2) is 17.0.